The van der Waals surface area contributed by atoms with Crippen LogP contribution in [0.5, 0.6) is 6.01 Å². The lowest BCUT2D eigenvalue weighted by Crippen LogP contribution is -2.49. The van der Waals surface area contributed by atoms with Crippen LogP contribution >= 0.6 is 0 Å². The van der Waals surface area contributed by atoms with E-state index in [1.807, 2.05) is 31.9 Å². The minimum Gasteiger partial charge on any atom is -0.462 e. The Balaban J connectivity index is 1.56. The maximum atomic E-state index is 14.8. The standard InChI is InChI=1S/C32H37F3N6O3/c1-5-25(42)21-15-18(2)40(19(3)16-21)28-26-27(37-31(38-28)44-17-22-11-8-14-39(22)4)29(43)41(30(36-26)32(33,34)35)24-13-7-10-20-9-6-12-23(20)24/h5,7,10,13,18-19,21-22H,1,6,8-9,11-12,14-17H2,2-4H3/t18-,19-,22-/m0/s1. The fourth-order valence-corrected chi connectivity index (χ4v) is 7.26. The van der Waals surface area contributed by atoms with Gasteiger partial charge in [0.2, 0.25) is 5.82 Å². The van der Waals surface area contributed by atoms with Gasteiger partial charge in [0.25, 0.3) is 5.56 Å². The van der Waals surface area contributed by atoms with E-state index >= 15 is 0 Å². The molecule has 0 spiro atoms. The van der Waals surface area contributed by atoms with Crippen molar-refractivity contribution < 1.29 is 22.7 Å². The van der Waals surface area contributed by atoms with Crippen LogP contribution in [-0.2, 0) is 23.8 Å². The summed E-state index contributed by atoms with van der Waals surface area (Å²) in [6.07, 6.45) is 1.33. The van der Waals surface area contributed by atoms with E-state index in [-0.39, 0.29) is 65.0 Å². The highest BCUT2D eigenvalue weighted by Crippen LogP contribution is 2.38. The third kappa shape index (κ3) is 5.37. The van der Waals surface area contributed by atoms with Crippen LogP contribution in [0.3, 0.4) is 0 Å². The van der Waals surface area contributed by atoms with Crippen LogP contribution in [-0.4, -0.2) is 68.5 Å². The van der Waals surface area contributed by atoms with E-state index in [2.05, 4.69) is 26.4 Å². The zero-order valence-corrected chi connectivity index (χ0v) is 25.2. The second-order valence-electron chi connectivity index (χ2n) is 12.3. The molecule has 3 atom stereocenters. The predicted molar refractivity (Wildman–Crippen MR) is 160 cm³/mol. The molecule has 0 radical (unpaired) electrons. The molecule has 234 valence electrons. The molecule has 3 aromatic rings. The van der Waals surface area contributed by atoms with Crippen molar-refractivity contribution >= 4 is 22.6 Å². The molecule has 2 fully saturated rings. The molecule has 2 saturated heterocycles. The Morgan fingerprint density at radius 3 is 2.50 bits per heavy atom. The van der Waals surface area contributed by atoms with Gasteiger partial charge in [-0.1, -0.05) is 18.7 Å². The molecule has 2 aromatic heterocycles. The Bertz CT molecular complexity index is 1660. The largest absolute Gasteiger partial charge is 0.462 e. The SMILES string of the molecule is C=CC(=O)C1C[C@H](C)N(c2nc(OC[C@@H]3CCCN3C)nc3c(=O)n(-c4cccc5c4CCC5)c(C(F)(F)F)nc23)[C@@H](C)C1. The molecule has 44 heavy (non-hydrogen) atoms. The van der Waals surface area contributed by atoms with Crippen LogP contribution in [0.4, 0.5) is 19.0 Å². The quantitative estimate of drug-likeness (QED) is 0.349. The summed E-state index contributed by atoms with van der Waals surface area (Å²) in [5, 5.41) is 0. The van der Waals surface area contributed by atoms with Gasteiger partial charge in [-0.25, -0.2) is 4.98 Å². The number of nitrogens with zero attached hydrogens (tertiary/aromatic N) is 6. The first kappa shape index (κ1) is 30.2. The molecule has 2 aliphatic heterocycles. The maximum Gasteiger partial charge on any atom is 0.450 e. The maximum absolute atomic E-state index is 14.8. The van der Waals surface area contributed by atoms with Crippen LogP contribution in [0.25, 0.3) is 16.7 Å². The molecular weight excluding hydrogens is 573 g/mol. The topological polar surface area (TPSA) is 93.5 Å². The average molecular weight is 611 g/mol. The number of likely N-dealkylation sites (N-methyl/N-ethyl adjacent to an activating group) is 1. The summed E-state index contributed by atoms with van der Waals surface area (Å²) >= 11 is 0. The van der Waals surface area contributed by atoms with Gasteiger partial charge >= 0.3 is 12.2 Å². The third-order valence-corrected chi connectivity index (χ3v) is 9.42. The fourth-order valence-electron chi connectivity index (χ4n) is 7.26. The first-order valence-electron chi connectivity index (χ1n) is 15.3. The number of aryl methyl sites for hydroxylation is 1. The number of ketones is 1. The lowest BCUT2D eigenvalue weighted by molar-refractivity contribution is -0.146. The molecule has 0 saturated carbocycles. The van der Waals surface area contributed by atoms with Gasteiger partial charge in [-0.3, -0.25) is 14.2 Å². The Kier molecular flexibility index (Phi) is 7.98. The van der Waals surface area contributed by atoms with Gasteiger partial charge in [0.05, 0.1) is 5.69 Å². The number of carbonyl (C=O) groups is 1. The van der Waals surface area contributed by atoms with E-state index in [0.29, 0.717) is 29.4 Å². The number of piperidine rings is 1. The molecule has 0 bridgehead atoms. The van der Waals surface area contributed by atoms with E-state index in [1.165, 1.54) is 12.1 Å². The molecule has 1 aromatic carbocycles. The predicted octanol–water partition coefficient (Wildman–Crippen LogP) is 4.90. The van der Waals surface area contributed by atoms with Crippen LogP contribution in [0.15, 0.2) is 35.6 Å². The van der Waals surface area contributed by atoms with Crippen molar-refractivity contribution in [2.45, 2.75) is 83.1 Å². The summed E-state index contributed by atoms with van der Waals surface area (Å²) in [4.78, 5) is 43.9. The summed E-state index contributed by atoms with van der Waals surface area (Å²) in [6.45, 7) is 8.60. The van der Waals surface area contributed by atoms with Crippen molar-refractivity contribution in [1.82, 2.24) is 24.4 Å². The second kappa shape index (κ2) is 11.6. The smallest absolute Gasteiger partial charge is 0.450 e. The molecule has 3 aliphatic rings. The van der Waals surface area contributed by atoms with Gasteiger partial charge in [0, 0.05) is 24.0 Å². The molecule has 0 N–H and O–H groups in total. The number of fused-ring (bicyclic) bond motifs is 2. The molecule has 0 unspecified atom stereocenters. The Morgan fingerprint density at radius 2 is 1.84 bits per heavy atom. The van der Waals surface area contributed by atoms with E-state index in [0.717, 1.165) is 37.8 Å². The number of rotatable bonds is 7. The minimum absolute atomic E-state index is 0.0728. The van der Waals surface area contributed by atoms with Crippen molar-refractivity contribution in [3.8, 4) is 11.7 Å². The summed E-state index contributed by atoms with van der Waals surface area (Å²) in [5.74, 6) is -1.57. The number of aromatic nitrogens is 4. The molecule has 12 heteroatoms. The van der Waals surface area contributed by atoms with Crippen LogP contribution in [0.1, 0.15) is 62.9 Å². The molecule has 6 rings (SSSR count). The lowest BCUT2D eigenvalue weighted by atomic mass is 9.84. The Labute approximate surface area is 253 Å². The van der Waals surface area contributed by atoms with E-state index < -0.39 is 17.6 Å². The third-order valence-electron chi connectivity index (χ3n) is 9.42. The van der Waals surface area contributed by atoms with Gasteiger partial charge < -0.3 is 14.5 Å². The van der Waals surface area contributed by atoms with Gasteiger partial charge in [-0.2, -0.15) is 23.1 Å². The summed E-state index contributed by atoms with van der Waals surface area (Å²) in [7, 11) is 2.01. The number of carbonyl (C=O) groups excluding carboxylic acids is 1. The zero-order valence-electron chi connectivity index (χ0n) is 25.2. The number of likely N-dealkylation sites (tertiary alicyclic amines) is 1. The van der Waals surface area contributed by atoms with Crippen molar-refractivity contribution in [2.75, 3.05) is 25.1 Å². The van der Waals surface area contributed by atoms with Gasteiger partial charge in [0.1, 0.15) is 12.1 Å². The normalized spacial score (nSPS) is 24.1. The number of hydrogen-bond donors (Lipinski definition) is 0. The number of alkyl halides is 3. The van der Waals surface area contributed by atoms with E-state index in [1.54, 1.807) is 6.07 Å². The zero-order chi connectivity index (χ0) is 31.3. The molecule has 4 heterocycles. The van der Waals surface area contributed by atoms with Crippen molar-refractivity contribution in [3.05, 3.63) is 58.2 Å². The molecular formula is C32H37F3N6O3. The minimum atomic E-state index is -4.94. The summed E-state index contributed by atoms with van der Waals surface area (Å²) in [6, 6.07) is 4.55. The summed E-state index contributed by atoms with van der Waals surface area (Å²) in [5.41, 5.74) is 0.419. The number of benzene rings is 1. The highest BCUT2D eigenvalue weighted by molar-refractivity contribution is 5.92. The molecule has 1 aliphatic carbocycles. The Morgan fingerprint density at radius 1 is 1.09 bits per heavy atom. The Hall–Kier alpha value is -3.80. The van der Waals surface area contributed by atoms with Gasteiger partial charge in [0.15, 0.2) is 17.1 Å². The van der Waals surface area contributed by atoms with Crippen LogP contribution in [0, 0.1) is 5.92 Å². The molecule has 9 nitrogen and oxygen atoms in total. The van der Waals surface area contributed by atoms with Crippen LogP contribution < -0.4 is 15.2 Å². The van der Waals surface area contributed by atoms with Crippen molar-refractivity contribution in [1.29, 1.82) is 0 Å². The number of halogens is 3. The van der Waals surface area contributed by atoms with Gasteiger partial charge in [-0.15, -0.1) is 0 Å². The first-order valence-corrected chi connectivity index (χ1v) is 15.3. The fraction of sp³-hybridized carbons (Fsp3) is 0.531. The van der Waals surface area contributed by atoms with E-state index in [9.17, 15) is 22.8 Å². The number of ether oxygens (including phenoxy) is 1. The first-order chi connectivity index (χ1) is 21.0. The number of hydrogen-bond acceptors (Lipinski definition) is 8. The number of anilines is 1. The lowest BCUT2D eigenvalue weighted by Gasteiger charge is -2.43. The summed E-state index contributed by atoms with van der Waals surface area (Å²) < 4.78 is 51.0. The molecule has 0 amide bonds. The van der Waals surface area contributed by atoms with E-state index in [4.69, 9.17) is 4.74 Å². The van der Waals surface area contributed by atoms with Crippen molar-refractivity contribution in [3.63, 3.8) is 0 Å². The highest BCUT2D eigenvalue weighted by Gasteiger charge is 2.41. The van der Waals surface area contributed by atoms with Gasteiger partial charge in [-0.05, 0) is 95.7 Å². The van der Waals surface area contributed by atoms with Crippen molar-refractivity contribution in [2.24, 2.45) is 5.92 Å². The second-order valence-corrected chi connectivity index (χ2v) is 12.3. The monoisotopic (exact) mass is 610 g/mol. The average Bonchev–Trinajstić information content (AvgIpc) is 3.63. The number of allylic oxidation sites excluding steroid dienone is 1. The van der Waals surface area contributed by atoms with Crippen LogP contribution in [0.2, 0.25) is 0 Å². The highest BCUT2D eigenvalue weighted by atomic mass is 19.4.